The van der Waals surface area contributed by atoms with E-state index >= 15 is 0 Å². The minimum absolute atomic E-state index is 0.117. The van der Waals surface area contributed by atoms with Gasteiger partial charge in [-0.3, -0.25) is 19.3 Å². The van der Waals surface area contributed by atoms with Gasteiger partial charge in [-0.2, -0.15) is 0 Å². The number of carbonyl (C=O) groups excluding carboxylic acids is 3. The normalized spacial score (nSPS) is 16.3. The third-order valence-electron chi connectivity index (χ3n) is 3.97. The van der Waals surface area contributed by atoms with E-state index in [0.717, 1.165) is 0 Å². The van der Waals surface area contributed by atoms with Gasteiger partial charge in [0.1, 0.15) is 12.3 Å². The van der Waals surface area contributed by atoms with Crippen LogP contribution in [-0.4, -0.2) is 49.5 Å². The van der Waals surface area contributed by atoms with Gasteiger partial charge in [0.2, 0.25) is 5.91 Å². The molecule has 7 nitrogen and oxygen atoms in total. The van der Waals surface area contributed by atoms with Crippen molar-refractivity contribution in [2.75, 3.05) is 24.6 Å². The molecule has 26 heavy (non-hydrogen) atoms. The fourth-order valence-corrected chi connectivity index (χ4v) is 2.61. The molecule has 0 aliphatic carbocycles. The summed E-state index contributed by atoms with van der Waals surface area (Å²) < 4.78 is 11.0. The predicted octanol–water partition coefficient (Wildman–Crippen LogP) is 1.93. The van der Waals surface area contributed by atoms with Gasteiger partial charge >= 0.3 is 0 Å². The van der Waals surface area contributed by atoms with E-state index < -0.39 is 6.10 Å². The lowest BCUT2D eigenvalue weighted by Gasteiger charge is -2.32. The summed E-state index contributed by atoms with van der Waals surface area (Å²) in [6.45, 7) is 7.92. The van der Waals surface area contributed by atoms with Crippen molar-refractivity contribution >= 4 is 23.3 Å². The molecule has 0 radical (unpaired) electrons. The van der Waals surface area contributed by atoms with E-state index in [0.29, 0.717) is 36.6 Å². The molecule has 142 valence electrons. The van der Waals surface area contributed by atoms with Crippen LogP contribution in [0.2, 0.25) is 0 Å². The van der Waals surface area contributed by atoms with Crippen molar-refractivity contribution < 1.29 is 23.9 Å². The van der Waals surface area contributed by atoms with Crippen LogP contribution in [0.25, 0.3) is 0 Å². The first kappa shape index (κ1) is 19.9. The molecule has 1 heterocycles. The maximum atomic E-state index is 12.5. The second kappa shape index (κ2) is 8.80. The van der Waals surface area contributed by atoms with Crippen molar-refractivity contribution in [2.45, 2.75) is 46.3 Å². The number of hydrogen-bond acceptors (Lipinski definition) is 5. The number of amides is 2. The molecule has 1 aromatic carbocycles. The molecule has 7 heteroatoms. The van der Waals surface area contributed by atoms with Crippen LogP contribution in [-0.2, 0) is 14.3 Å². The number of Topliss-reactive ketones (excluding diaryl/α,β-unsaturated/α-hetero) is 1. The zero-order valence-electron chi connectivity index (χ0n) is 15.7. The number of anilines is 1. The van der Waals surface area contributed by atoms with Crippen LogP contribution in [0.4, 0.5) is 5.69 Å². The van der Waals surface area contributed by atoms with E-state index in [1.807, 2.05) is 13.8 Å². The largest absolute Gasteiger partial charge is 0.479 e. The maximum Gasteiger partial charge on any atom is 0.268 e. The van der Waals surface area contributed by atoms with Crippen LogP contribution in [0, 0.1) is 0 Å². The molecule has 0 saturated carbocycles. The molecule has 1 aliphatic rings. The number of ether oxygens (including phenoxy) is 2. The highest BCUT2D eigenvalue weighted by atomic mass is 16.5. The molecule has 1 aromatic rings. The van der Waals surface area contributed by atoms with Crippen molar-refractivity contribution in [3.63, 3.8) is 0 Å². The molecule has 0 saturated heterocycles. The molecule has 0 fully saturated rings. The second-order valence-corrected chi connectivity index (χ2v) is 6.55. The van der Waals surface area contributed by atoms with Crippen molar-refractivity contribution in [3.05, 3.63) is 23.8 Å². The van der Waals surface area contributed by atoms with Gasteiger partial charge in [-0.05, 0) is 52.3 Å². The molecule has 2 rings (SSSR count). The number of nitrogens with zero attached hydrogens (tertiary/aromatic N) is 1. The number of rotatable bonds is 8. The molecular formula is C19H26N2O5. The Balaban J connectivity index is 2.03. The van der Waals surface area contributed by atoms with E-state index in [1.165, 1.54) is 11.8 Å². The third kappa shape index (κ3) is 5.05. The van der Waals surface area contributed by atoms with Gasteiger partial charge in [-0.15, -0.1) is 0 Å². The Bertz CT molecular complexity index is 687. The molecule has 1 N–H and O–H groups in total. The monoisotopic (exact) mass is 362 g/mol. The van der Waals surface area contributed by atoms with Crippen molar-refractivity contribution in [3.8, 4) is 5.75 Å². The zero-order chi connectivity index (χ0) is 19.3. The highest BCUT2D eigenvalue weighted by Crippen LogP contribution is 2.34. The van der Waals surface area contributed by atoms with Crippen LogP contribution >= 0.6 is 0 Å². The molecule has 1 aliphatic heterocycles. The zero-order valence-corrected chi connectivity index (χ0v) is 15.7. The molecule has 0 spiro atoms. The van der Waals surface area contributed by atoms with E-state index in [1.54, 1.807) is 25.1 Å². The lowest BCUT2D eigenvalue weighted by Crippen LogP contribution is -2.49. The molecule has 2 amide bonds. The van der Waals surface area contributed by atoms with E-state index in [2.05, 4.69) is 5.32 Å². The summed E-state index contributed by atoms with van der Waals surface area (Å²) in [7, 11) is 0. The molecule has 1 unspecified atom stereocenters. The van der Waals surface area contributed by atoms with Crippen LogP contribution < -0.4 is 15.0 Å². The summed E-state index contributed by atoms with van der Waals surface area (Å²) in [5, 5.41) is 2.79. The maximum absolute atomic E-state index is 12.5. The Labute approximate surface area is 153 Å². The number of ketones is 1. The number of fused-ring (bicyclic) bond motifs is 1. The summed E-state index contributed by atoms with van der Waals surface area (Å²) in [5.74, 6) is -0.207. The molecule has 1 atom stereocenters. The summed E-state index contributed by atoms with van der Waals surface area (Å²) in [5.41, 5.74) is 0.907. The van der Waals surface area contributed by atoms with Gasteiger partial charge in [0.15, 0.2) is 11.9 Å². The van der Waals surface area contributed by atoms with Gasteiger partial charge in [-0.25, -0.2) is 0 Å². The average Bonchev–Trinajstić information content (AvgIpc) is 2.57. The van der Waals surface area contributed by atoms with Crippen LogP contribution in [0.3, 0.4) is 0 Å². The number of benzene rings is 1. The minimum atomic E-state index is -0.682. The SMILES string of the molecule is CC(=O)c1ccc2c(c1)N(CC(=O)NCCCOC(C)C)C(=O)C(C)O2. The number of nitrogens with one attached hydrogen (secondary N) is 1. The van der Waals surface area contributed by atoms with E-state index in [4.69, 9.17) is 9.47 Å². The standard InChI is InChI=1S/C19H26N2O5/c1-12(2)25-9-5-8-20-18(23)11-21-16-10-15(13(3)22)6-7-17(16)26-14(4)19(21)24/h6-7,10,12,14H,5,8-9,11H2,1-4H3,(H,20,23). The van der Waals surface area contributed by atoms with Crippen LogP contribution in [0.1, 0.15) is 44.5 Å². The average molecular weight is 362 g/mol. The quantitative estimate of drug-likeness (QED) is 0.564. The Morgan fingerprint density at radius 2 is 2.08 bits per heavy atom. The summed E-state index contributed by atoms with van der Waals surface area (Å²) in [6, 6.07) is 4.89. The van der Waals surface area contributed by atoms with Gasteiger partial charge < -0.3 is 14.8 Å². The van der Waals surface area contributed by atoms with Gasteiger partial charge in [0.05, 0.1) is 11.8 Å². The van der Waals surface area contributed by atoms with E-state index in [-0.39, 0.29) is 30.2 Å². The third-order valence-corrected chi connectivity index (χ3v) is 3.97. The molecule has 0 aromatic heterocycles. The summed E-state index contributed by atoms with van der Waals surface area (Å²) in [4.78, 5) is 37.7. The Morgan fingerprint density at radius 3 is 2.73 bits per heavy atom. The fourth-order valence-electron chi connectivity index (χ4n) is 2.61. The lowest BCUT2D eigenvalue weighted by molar-refractivity contribution is -0.128. The summed E-state index contributed by atoms with van der Waals surface area (Å²) in [6.07, 6.45) is 0.172. The smallest absolute Gasteiger partial charge is 0.268 e. The second-order valence-electron chi connectivity index (χ2n) is 6.55. The van der Waals surface area contributed by atoms with Gasteiger partial charge in [-0.1, -0.05) is 0 Å². The predicted molar refractivity (Wildman–Crippen MR) is 97.6 cm³/mol. The van der Waals surface area contributed by atoms with E-state index in [9.17, 15) is 14.4 Å². The van der Waals surface area contributed by atoms with Crippen LogP contribution in [0.15, 0.2) is 18.2 Å². The van der Waals surface area contributed by atoms with Crippen molar-refractivity contribution in [1.82, 2.24) is 5.32 Å². The first-order valence-electron chi connectivity index (χ1n) is 8.81. The van der Waals surface area contributed by atoms with Crippen LogP contribution in [0.5, 0.6) is 5.75 Å². The van der Waals surface area contributed by atoms with Crippen molar-refractivity contribution in [2.24, 2.45) is 0 Å². The molecule has 0 bridgehead atoms. The highest BCUT2D eigenvalue weighted by Gasteiger charge is 2.33. The van der Waals surface area contributed by atoms with Gasteiger partial charge in [0.25, 0.3) is 5.91 Å². The topological polar surface area (TPSA) is 84.9 Å². The summed E-state index contributed by atoms with van der Waals surface area (Å²) >= 11 is 0. The minimum Gasteiger partial charge on any atom is -0.479 e. The lowest BCUT2D eigenvalue weighted by atomic mass is 10.1. The Kier molecular flexibility index (Phi) is 6.74. The number of carbonyl (C=O) groups is 3. The first-order valence-corrected chi connectivity index (χ1v) is 8.81. The number of hydrogen-bond donors (Lipinski definition) is 1. The Hall–Kier alpha value is -2.41. The Morgan fingerprint density at radius 1 is 1.35 bits per heavy atom. The fraction of sp³-hybridized carbons (Fsp3) is 0.526. The van der Waals surface area contributed by atoms with Crippen molar-refractivity contribution in [1.29, 1.82) is 0 Å². The molecular weight excluding hydrogens is 336 g/mol. The van der Waals surface area contributed by atoms with Gasteiger partial charge in [0, 0.05) is 18.7 Å². The first-order chi connectivity index (χ1) is 12.3. The highest BCUT2D eigenvalue weighted by molar-refractivity contribution is 6.05.